The maximum absolute atomic E-state index is 12.8. The van der Waals surface area contributed by atoms with Gasteiger partial charge in [-0.05, 0) is 77.0 Å². The first-order valence-corrected chi connectivity index (χ1v) is 28.5. The standard InChI is InChI=1S/C59H108O6/c1-4-7-10-13-16-19-22-25-27-29-31-32-34-37-40-43-46-49-52-58(61)64-55-56(54-63-57(60)51-48-45-42-39-36-24-21-18-15-12-9-6-3)65-59(62)53-50-47-44-41-38-35-33-30-28-26-23-20-17-14-11-8-5-2/h17-18,20-21,26,28,56H,4-16,19,22-25,27,29-55H2,1-3H3/b20-17-,21-18-,28-26-/t56-/m1/s1. The molecule has 0 rings (SSSR count). The lowest BCUT2D eigenvalue weighted by Crippen LogP contribution is -2.30. The van der Waals surface area contributed by atoms with Crippen LogP contribution >= 0.6 is 0 Å². The topological polar surface area (TPSA) is 78.9 Å². The second-order valence-corrected chi connectivity index (χ2v) is 19.2. The quantitative estimate of drug-likeness (QED) is 0.0262. The third-order valence-electron chi connectivity index (χ3n) is 12.6. The number of hydrogen-bond acceptors (Lipinski definition) is 6. The van der Waals surface area contributed by atoms with Crippen LogP contribution in [0, 0.1) is 0 Å². The van der Waals surface area contributed by atoms with E-state index in [1.54, 1.807) is 0 Å². The van der Waals surface area contributed by atoms with Crippen LogP contribution in [0.5, 0.6) is 0 Å². The van der Waals surface area contributed by atoms with E-state index in [4.69, 9.17) is 14.2 Å². The number of carbonyl (C=O) groups excluding carboxylic acids is 3. The molecule has 0 radical (unpaired) electrons. The molecular formula is C59H108O6. The molecule has 0 aliphatic rings. The Morgan fingerprint density at radius 3 is 0.892 bits per heavy atom. The van der Waals surface area contributed by atoms with Crippen LogP contribution in [0.25, 0.3) is 0 Å². The van der Waals surface area contributed by atoms with Gasteiger partial charge < -0.3 is 14.2 Å². The summed E-state index contributed by atoms with van der Waals surface area (Å²) in [5, 5.41) is 0. The molecule has 0 saturated heterocycles. The van der Waals surface area contributed by atoms with E-state index < -0.39 is 6.10 Å². The average Bonchev–Trinajstić information content (AvgIpc) is 3.30. The third-order valence-corrected chi connectivity index (χ3v) is 12.6. The van der Waals surface area contributed by atoms with Crippen LogP contribution in [0.4, 0.5) is 0 Å². The molecule has 6 nitrogen and oxygen atoms in total. The van der Waals surface area contributed by atoms with Gasteiger partial charge in [0.15, 0.2) is 6.10 Å². The Hall–Kier alpha value is -2.37. The molecule has 0 amide bonds. The molecule has 380 valence electrons. The van der Waals surface area contributed by atoms with E-state index >= 15 is 0 Å². The number of allylic oxidation sites excluding steroid dienone is 6. The highest BCUT2D eigenvalue weighted by Gasteiger charge is 2.19. The van der Waals surface area contributed by atoms with Crippen molar-refractivity contribution in [2.24, 2.45) is 0 Å². The van der Waals surface area contributed by atoms with Crippen molar-refractivity contribution in [1.82, 2.24) is 0 Å². The molecule has 0 unspecified atom stereocenters. The van der Waals surface area contributed by atoms with E-state index in [0.29, 0.717) is 19.3 Å². The van der Waals surface area contributed by atoms with Crippen LogP contribution < -0.4 is 0 Å². The summed E-state index contributed by atoms with van der Waals surface area (Å²) < 4.78 is 16.8. The first kappa shape index (κ1) is 62.6. The molecule has 6 heteroatoms. The van der Waals surface area contributed by atoms with Gasteiger partial charge in [0.05, 0.1) is 0 Å². The van der Waals surface area contributed by atoms with E-state index in [2.05, 4.69) is 57.2 Å². The molecule has 0 aliphatic heterocycles. The van der Waals surface area contributed by atoms with Crippen LogP contribution in [0.1, 0.15) is 303 Å². The van der Waals surface area contributed by atoms with Crippen molar-refractivity contribution in [1.29, 1.82) is 0 Å². The Morgan fingerprint density at radius 2 is 0.554 bits per heavy atom. The van der Waals surface area contributed by atoms with Crippen molar-refractivity contribution in [3.8, 4) is 0 Å². The predicted molar refractivity (Wildman–Crippen MR) is 279 cm³/mol. The second kappa shape index (κ2) is 54.2. The number of carbonyl (C=O) groups is 3. The molecule has 0 spiro atoms. The molecule has 0 aliphatic carbocycles. The molecule has 0 aromatic heterocycles. The Balaban J connectivity index is 4.33. The lowest BCUT2D eigenvalue weighted by molar-refractivity contribution is -0.167. The summed E-state index contributed by atoms with van der Waals surface area (Å²) in [6.45, 7) is 6.61. The molecule has 0 N–H and O–H groups in total. The highest BCUT2D eigenvalue weighted by molar-refractivity contribution is 5.71. The lowest BCUT2D eigenvalue weighted by atomic mass is 10.0. The summed E-state index contributed by atoms with van der Waals surface area (Å²) in [6, 6.07) is 0. The summed E-state index contributed by atoms with van der Waals surface area (Å²) in [4.78, 5) is 38.1. The van der Waals surface area contributed by atoms with Gasteiger partial charge in [0, 0.05) is 19.3 Å². The van der Waals surface area contributed by atoms with Crippen molar-refractivity contribution in [3.05, 3.63) is 36.5 Å². The average molecular weight is 914 g/mol. The van der Waals surface area contributed by atoms with E-state index in [1.165, 1.54) is 186 Å². The highest BCUT2D eigenvalue weighted by atomic mass is 16.6. The second-order valence-electron chi connectivity index (χ2n) is 19.2. The zero-order valence-electron chi connectivity index (χ0n) is 43.5. The van der Waals surface area contributed by atoms with Crippen LogP contribution in [0.3, 0.4) is 0 Å². The zero-order valence-corrected chi connectivity index (χ0v) is 43.5. The fraction of sp³-hybridized carbons (Fsp3) is 0.847. The van der Waals surface area contributed by atoms with Crippen molar-refractivity contribution < 1.29 is 28.6 Å². The van der Waals surface area contributed by atoms with E-state index in [1.807, 2.05) is 0 Å². The van der Waals surface area contributed by atoms with Crippen molar-refractivity contribution >= 4 is 17.9 Å². The molecule has 0 aromatic rings. The van der Waals surface area contributed by atoms with Crippen LogP contribution in [0.15, 0.2) is 36.5 Å². The smallest absolute Gasteiger partial charge is 0.306 e. The van der Waals surface area contributed by atoms with Crippen molar-refractivity contribution in [3.63, 3.8) is 0 Å². The van der Waals surface area contributed by atoms with Gasteiger partial charge >= 0.3 is 17.9 Å². The fourth-order valence-corrected chi connectivity index (χ4v) is 8.29. The first-order valence-electron chi connectivity index (χ1n) is 28.5. The Kier molecular flexibility index (Phi) is 52.3. The number of unbranched alkanes of at least 4 members (excludes halogenated alkanes) is 35. The van der Waals surface area contributed by atoms with Gasteiger partial charge in [-0.1, -0.05) is 243 Å². The molecule has 0 bridgehead atoms. The molecule has 0 aromatic carbocycles. The fourth-order valence-electron chi connectivity index (χ4n) is 8.29. The summed E-state index contributed by atoms with van der Waals surface area (Å²) in [5.41, 5.74) is 0. The third kappa shape index (κ3) is 52.5. The molecule has 0 fully saturated rings. The van der Waals surface area contributed by atoms with Gasteiger partial charge in [0.1, 0.15) is 13.2 Å². The van der Waals surface area contributed by atoms with Gasteiger partial charge in [-0.3, -0.25) is 14.4 Å². The molecule has 1 atom stereocenters. The maximum atomic E-state index is 12.8. The summed E-state index contributed by atoms with van der Waals surface area (Å²) in [5.74, 6) is -0.876. The maximum Gasteiger partial charge on any atom is 0.306 e. The number of ether oxygens (including phenoxy) is 3. The van der Waals surface area contributed by atoms with Gasteiger partial charge in [-0.15, -0.1) is 0 Å². The molecular weight excluding hydrogens is 805 g/mol. The first-order chi connectivity index (χ1) is 32.0. The summed E-state index contributed by atoms with van der Waals surface area (Å²) in [6.07, 6.45) is 64.2. The Bertz CT molecular complexity index is 1090. The van der Waals surface area contributed by atoms with E-state index in [0.717, 1.165) is 77.0 Å². The summed E-state index contributed by atoms with van der Waals surface area (Å²) in [7, 11) is 0. The SMILES string of the molecule is CCCCC/C=C\C/C=C\CCCCCCCCCC(=O)O[C@H](COC(=O)CCCCCCC/C=C\CCCCC)COC(=O)CCCCCCCCCCCCCCCCCCCC. The predicted octanol–water partition coefficient (Wildman–Crippen LogP) is 18.9. The van der Waals surface area contributed by atoms with E-state index in [9.17, 15) is 14.4 Å². The van der Waals surface area contributed by atoms with Crippen LogP contribution in [-0.2, 0) is 28.6 Å². The Morgan fingerprint density at radius 1 is 0.308 bits per heavy atom. The minimum absolute atomic E-state index is 0.0745. The normalized spacial score (nSPS) is 12.2. The van der Waals surface area contributed by atoms with Gasteiger partial charge in [-0.25, -0.2) is 0 Å². The highest BCUT2D eigenvalue weighted by Crippen LogP contribution is 2.16. The molecule has 0 heterocycles. The van der Waals surface area contributed by atoms with Crippen molar-refractivity contribution in [2.75, 3.05) is 13.2 Å². The van der Waals surface area contributed by atoms with Crippen LogP contribution in [-0.4, -0.2) is 37.2 Å². The molecule has 65 heavy (non-hydrogen) atoms. The van der Waals surface area contributed by atoms with Gasteiger partial charge in [0.25, 0.3) is 0 Å². The minimum Gasteiger partial charge on any atom is -0.462 e. The minimum atomic E-state index is -0.776. The van der Waals surface area contributed by atoms with E-state index in [-0.39, 0.29) is 31.1 Å². The van der Waals surface area contributed by atoms with Gasteiger partial charge in [0.2, 0.25) is 0 Å². The number of hydrogen-bond donors (Lipinski definition) is 0. The monoisotopic (exact) mass is 913 g/mol. The zero-order chi connectivity index (χ0) is 47.2. The lowest BCUT2D eigenvalue weighted by Gasteiger charge is -2.18. The van der Waals surface area contributed by atoms with Crippen molar-refractivity contribution in [2.45, 2.75) is 309 Å². The Labute approximate surface area is 404 Å². The number of esters is 3. The van der Waals surface area contributed by atoms with Gasteiger partial charge in [-0.2, -0.15) is 0 Å². The number of rotatable bonds is 52. The van der Waals surface area contributed by atoms with Crippen LogP contribution in [0.2, 0.25) is 0 Å². The largest absolute Gasteiger partial charge is 0.462 e. The summed E-state index contributed by atoms with van der Waals surface area (Å²) >= 11 is 0. The molecule has 0 saturated carbocycles.